The molecule has 4 amide bonds. The van der Waals surface area contributed by atoms with Gasteiger partial charge in [0.15, 0.2) is 0 Å². The van der Waals surface area contributed by atoms with Gasteiger partial charge in [-0.05, 0) is 12.3 Å². The Balaban J connectivity index is 2.81. The van der Waals surface area contributed by atoms with Crippen LogP contribution < -0.4 is 5.32 Å². The van der Waals surface area contributed by atoms with Gasteiger partial charge in [0.2, 0.25) is 11.8 Å². The summed E-state index contributed by atoms with van der Waals surface area (Å²) in [5.74, 6) is -1.66. The SMILES string of the molecule is CCCCN1C(=O)NC(=O)C(C(C)C)C1=O. The fourth-order valence-corrected chi connectivity index (χ4v) is 1.75. The summed E-state index contributed by atoms with van der Waals surface area (Å²) in [7, 11) is 0. The minimum atomic E-state index is -0.727. The number of hydrogen-bond donors (Lipinski definition) is 1. The number of unbranched alkanes of at least 4 members (excludes halogenated alkanes) is 1. The Hall–Kier alpha value is -1.39. The van der Waals surface area contributed by atoms with Crippen molar-refractivity contribution in [1.29, 1.82) is 0 Å². The molecule has 1 aliphatic heterocycles. The van der Waals surface area contributed by atoms with Crippen molar-refractivity contribution in [3.05, 3.63) is 0 Å². The lowest BCUT2D eigenvalue weighted by molar-refractivity contribution is -0.144. The largest absolute Gasteiger partial charge is 0.330 e. The Morgan fingerprint density at radius 1 is 1.31 bits per heavy atom. The lowest BCUT2D eigenvalue weighted by atomic mass is 9.92. The van der Waals surface area contributed by atoms with Gasteiger partial charge in [-0.3, -0.25) is 19.8 Å². The molecule has 1 N–H and O–H groups in total. The van der Waals surface area contributed by atoms with Gasteiger partial charge in [0, 0.05) is 6.54 Å². The van der Waals surface area contributed by atoms with E-state index in [-0.39, 0.29) is 11.8 Å². The lowest BCUT2D eigenvalue weighted by Gasteiger charge is -2.31. The van der Waals surface area contributed by atoms with Crippen LogP contribution in [0.25, 0.3) is 0 Å². The summed E-state index contributed by atoms with van der Waals surface area (Å²) in [6.45, 7) is 5.97. The number of nitrogens with one attached hydrogen (secondary N) is 1. The van der Waals surface area contributed by atoms with E-state index in [1.54, 1.807) is 13.8 Å². The number of carbonyl (C=O) groups excluding carboxylic acids is 3. The maximum atomic E-state index is 11.9. The molecular formula is C11H18N2O3. The van der Waals surface area contributed by atoms with Crippen molar-refractivity contribution in [3.8, 4) is 0 Å². The Morgan fingerprint density at radius 2 is 1.94 bits per heavy atom. The fraction of sp³-hybridized carbons (Fsp3) is 0.727. The second kappa shape index (κ2) is 5.09. The summed E-state index contributed by atoms with van der Waals surface area (Å²) in [4.78, 5) is 36.0. The van der Waals surface area contributed by atoms with Crippen LogP contribution in [0.5, 0.6) is 0 Å². The number of carbonyl (C=O) groups is 3. The van der Waals surface area contributed by atoms with E-state index in [9.17, 15) is 14.4 Å². The molecule has 0 aromatic heterocycles. The van der Waals surface area contributed by atoms with Crippen molar-refractivity contribution >= 4 is 17.8 Å². The van der Waals surface area contributed by atoms with Crippen molar-refractivity contribution in [1.82, 2.24) is 10.2 Å². The third-order valence-corrected chi connectivity index (χ3v) is 2.69. The van der Waals surface area contributed by atoms with Gasteiger partial charge in [0.05, 0.1) is 0 Å². The van der Waals surface area contributed by atoms with Crippen LogP contribution in [0, 0.1) is 11.8 Å². The molecule has 0 bridgehead atoms. The van der Waals surface area contributed by atoms with Gasteiger partial charge in [-0.1, -0.05) is 27.2 Å². The van der Waals surface area contributed by atoms with Gasteiger partial charge >= 0.3 is 6.03 Å². The molecule has 5 nitrogen and oxygen atoms in total. The number of rotatable bonds is 4. The van der Waals surface area contributed by atoms with E-state index >= 15 is 0 Å². The highest BCUT2D eigenvalue weighted by atomic mass is 16.2. The summed E-state index contributed by atoms with van der Waals surface area (Å²) in [5.41, 5.74) is 0. The highest BCUT2D eigenvalue weighted by molar-refractivity contribution is 6.16. The van der Waals surface area contributed by atoms with Crippen LogP contribution >= 0.6 is 0 Å². The van der Waals surface area contributed by atoms with E-state index in [2.05, 4.69) is 5.32 Å². The van der Waals surface area contributed by atoms with Crippen molar-refractivity contribution in [2.24, 2.45) is 11.8 Å². The van der Waals surface area contributed by atoms with E-state index in [0.29, 0.717) is 6.54 Å². The molecule has 1 aliphatic rings. The Bertz CT molecular complexity index is 312. The van der Waals surface area contributed by atoms with Gasteiger partial charge in [-0.2, -0.15) is 0 Å². The highest BCUT2D eigenvalue weighted by Gasteiger charge is 2.41. The van der Waals surface area contributed by atoms with Crippen LogP contribution in [0.1, 0.15) is 33.6 Å². The molecule has 0 spiro atoms. The van der Waals surface area contributed by atoms with Crippen molar-refractivity contribution < 1.29 is 14.4 Å². The molecule has 1 saturated heterocycles. The molecule has 1 unspecified atom stereocenters. The highest BCUT2D eigenvalue weighted by Crippen LogP contribution is 2.19. The minimum Gasteiger partial charge on any atom is -0.277 e. The molecule has 0 radical (unpaired) electrons. The average Bonchev–Trinajstić information content (AvgIpc) is 2.16. The molecule has 0 aromatic rings. The third-order valence-electron chi connectivity index (χ3n) is 2.69. The fourth-order valence-electron chi connectivity index (χ4n) is 1.75. The van der Waals surface area contributed by atoms with E-state index in [1.165, 1.54) is 0 Å². The van der Waals surface area contributed by atoms with Crippen molar-refractivity contribution in [3.63, 3.8) is 0 Å². The normalized spacial score (nSPS) is 21.6. The molecule has 1 heterocycles. The number of nitrogens with zero attached hydrogens (tertiary/aromatic N) is 1. The average molecular weight is 226 g/mol. The summed E-state index contributed by atoms with van der Waals surface area (Å²) >= 11 is 0. The monoisotopic (exact) mass is 226 g/mol. The number of hydrogen-bond acceptors (Lipinski definition) is 3. The predicted octanol–water partition coefficient (Wildman–Crippen LogP) is 1.14. The summed E-state index contributed by atoms with van der Waals surface area (Å²) in [6.07, 6.45) is 1.66. The van der Waals surface area contributed by atoms with Gasteiger partial charge in [0.25, 0.3) is 0 Å². The van der Waals surface area contributed by atoms with Crippen molar-refractivity contribution in [2.45, 2.75) is 33.6 Å². The first-order chi connectivity index (χ1) is 7.49. The van der Waals surface area contributed by atoms with Crippen LogP contribution in [0.2, 0.25) is 0 Å². The summed E-state index contributed by atoms with van der Waals surface area (Å²) < 4.78 is 0. The Morgan fingerprint density at radius 3 is 2.44 bits per heavy atom. The Kier molecular flexibility index (Phi) is 4.04. The first-order valence-corrected chi connectivity index (χ1v) is 5.65. The van der Waals surface area contributed by atoms with Crippen LogP contribution in [0.4, 0.5) is 4.79 Å². The number of urea groups is 1. The standard InChI is InChI=1S/C11H18N2O3/c1-4-5-6-13-10(15)8(7(2)3)9(14)12-11(13)16/h7-8H,4-6H2,1-3H3,(H,12,14,16). The molecule has 0 aliphatic carbocycles. The number of barbiturate groups is 1. The third kappa shape index (κ3) is 2.40. The molecule has 1 atom stereocenters. The second-order valence-corrected chi connectivity index (χ2v) is 4.36. The molecule has 5 heteroatoms. The van der Waals surface area contributed by atoms with Crippen LogP contribution in [-0.4, -0.2) is 29.3 Å². The van der Waals surface area contributed by atoms with E-state index < -0.39 is 17.9 Å². The first-order valence-electron chi connectivity index (χ1n) is 5.65. The molecular weight excluding hydrogens is 208 g/mol. The number of imide groups is 2. The zero-order valence-electron chi connectivity index (χ0n) is 9.95. The minimum absolute atomic E-state index is 0.0928. The van der Waals surface area contributed by atoms with Crippen LogP contribution in [0.3, 0.4) is 0 Å². The van der Waals surface area contributed by atoms with Gasteiger partial charge in [-0.15, -0.1) is 0 Å². The quantitative estimate of drug-likeness (QED) is 0.731. The number of amides is 4. The molecule has 90 valence electrons. The summed E-state index contributed by atoms with van der Waals surface area (Å²) in [6, 6.07) is -0.583. The molecule has 0 aromatic carbocycles. The lowest BCUT2D eigenvalue weighted by Crippen LogP contribution is -2.59. The Labute approximate surface area is 95.2 Å². The maximum absolute atomic E-state index is 11.9. The molecule has 0 saturated carbocycles. The van der Waals surface area contributed by atoms with Gasteiger partial charge in [-0.25, -0.2) is 4.79 Å². The van der Waals surface area contributed by atoms with Gasteiger partial charge < -0.3 is 0 Å². The zero-order valence-corrected chi connectivity index (χ0v) is 9.95. The topological polar surface area (TPSA) is 66.5 Å². The van der Waals surface area contributed by atoms with E-state index in [4.69, 9.17) is 0 Å². The first kappa shape index (κ1) is 12.7. The van der Waals surface area contributed by atoms with E-state index in [1.807, 2.05) is 6.92 Å². The van der Waals surface area contributed by atoms with Crippen molar-refractivity contribution in [2.75, 3.05) is 6.54 Å². The molecule has 1 fully saturated rings. The maximum Gasteiger partial charge on any atom is 0.330 e. The van der Waals surface area contributed by atoms with Gasteiger partial charge in [0.1, 0.15) is 5.92 Å². The van der Waals surface area contributed by atoms with E-state index in [0.717, 1.165) is 17.7 Å². The predicted molar refractivity (Wildman–Crippen MR) is 58.5 cm³/mol. The molecule has 1 rings (SSSR count). The van der Waals surface area contributed by atoms with Crippen LogP contribution in [-0.2, 0) is 9.59 Å². The van der Waals surface area contributed by atoms with Crippen LogP contribution in [0.15, 0.2) is 0 Å². The smallest absolute Gasteiger partial charge is 0.277 e. The molecule has 16 heavy (non-hydrogen) atoms. The summed E-state index contributed by atoms with van der Waals surface area (Å²) in [5, 5.41) is 2.23. The zero-order chi connectivity index (χ0) is 12.3. The second-order valence-electron chi connectivity index (χ2n) is 4.36.